The van der Waals surface area contributed by atoms with Gasteiger partial charge in [-0.3, -0.25) is 19.7 Å². The zero-order valence-corrected chi connectivity index (χ0v) is 23.0. The van der Waals surface area contributed by atoms with E-state index in [2.05, 4.69) is 42.5 Å². The van der Waals surface area contributed by atoms with E-state index in [4.69, 9.17) is 4.74 Å². The Kier molecular flexibility index (Phi) is 7.89. The molecule has 0 bridgehead atoms. The summed E-state index contributed by atoms with van der Waals surface area (Å²) in [6.45, 7) is 3.55. The molecule has 188 valence electrons. The monoisotopic (exact) mass is 625 g/mol. The van der Waals surface area contributed by atoms with Crippen LogP contribution in [0.4, 0.5) is 16.2 Å². The number of carbonyl (C=O) groups excluding carboxylic acids is 4. The van der Waals surface area contributed by atoms with E-state index in [0.717, 1.165) is 16.0 Å². The molecule has 5 amide bonds. The molecule has 1 saturated heterocycles. The lowest BCUT2D eigenvalue weighted by Gasteiger charge is -2.26. The fraction of sp³-hybridized carbons (Fsp3) is 0.111. The number of amides is 5. The number of hydrogen-bond acceptors (Lipinski definition) is 5. The molecule has 0 aromatic heterocycles. The van der Waals surface area contributed by atoms with Gasteiger partial charge in [0.15, 0.2) is 6.61 Å². The summed E-state index contributed by atoms with van der Waals surface area (Å²) in [6.07, 6.45) is 1.33. The minimum absolute atomic E-state index is 0.246. The van der Waals surface area contributed by atoms with Crippen molar-refractivity contribution < 1.29 is 23.9 Å². The standard InChI is InChI=1S/C27H21Br2N3O5/c1-15-7-6-10-22(16(15)2)30-23(33)14-37-24-17(11-18(28)13-21(24)29)12-20-25(34)31-27(36)32(26(20)35)19-8-4-3-5-9-19/h3-13H,14H2,1-2H3,(H,30,33)(H,31,34,36)/b20-12-. The van der Waals surface area contributed by atoms with Crippen LogP contribution in [-0.4, -0.2) is 30.4 Å². The average molecular weight is 627 g/mol. The molecular weight excluding hydrogens is 606 g/mol. The summed E-state index contributed by atoms with van der Waals surface area (Å²) in [5.74, 6) is -1.75. The maximum atomic E-state index is 13.2. The van der Waals surface area contributed by atoms with Crippen molar-refractivity contribution >= 4 is 73.1 Å². The summed E-state index contributed by atoms with van der Waals surface area (Å²) in [5, 5.41) is 5.02. The summed E-state index contributed by atoms with van der Waals surface area (Å²) in [6, 6.07) is 16.4. The van der Waals surface area contributed by atoms with Crippen molar-refractivity contribution in [1.29, 1.82) is 0 Å². The molecule has 1 heterocycles. The third-order valence-electron chi connectivity index (χ3n) is 5.68. The number of nitrogens with zero attached hydrogens (tertiary/aromatic N) is 1. The highest BCUT2D eigenvalue weighted by Crippen LogP contribution is 2.35. The Labute approximate surface area is 229 Å². The summed E-state index contributed by atoms with van der Waals surface area (Å²) < 4.78 is 6.95. The van der Waals surface area contributed by atoms with Crippen LogP contribution in [0.3, 0.4) is 0 Å². The highest BCUT2D eigenvalue weighted by atomic mass is 79.9. The molecule has 1 fully saturated rings. The molecule has 8 nitrogen and oxygen atoms in total. The lowest BCUT2D eigenvalue weighted by Crippen LogP contribution is -2.54. The predicted molar refractivity (Wildman–Crippen MR) is 147 cm³/mol. The highest BCUT2D eigenvalue weighted by Gasteiger charge is 2.37. The van der Waals surface area contributed by atoms with Gasteiger partial charge in [-0.2, -0.15) is 0 Å². The number of imide groups is 2. The molecule has 0 radical (unpaired) electrons. The molecule has 1 aliphatic heterocycles. The van der Waals surface area contributed by atoms with Gasteiger partial charge in [0, 0.05) is 15.7 Å². The van der Waals surface area contributed by atoms with Crippen molar-refractivity contribution in [3.05, 3.63) is 91.9 Å². The third kappa shape index (κ3) is 5.81. The predicted octanol–water partition coefficient (Wildman–Crippen LogP) is 5.51. The van der Waals surface area contributed by atoms with Crippen LogP contribution >= 0.6 is 31.9 Å². The van der Waals surface area contributed by atoms with Gasteiger partial charge in [0.1, 0.15) is 11.3 Å². The minimum atomic E-state index is -0.839. The van der Waals surface area contributed by atoms with Crippen LogP contribution in [0.1, 0.15) is 16.7 Å². The molecule has 0 unspecified atom stereocenters. The number of ether oxygens (including phenoxy) is 1. The molecule has 1 aliphatic rings. The van der Waals surface area contributed by atoms with Gasteiger partial charge < -0.3 is 10.1 Å². The molecule has 37 heavy (non-hydrogen) atoms. The lowest BCUT2D eigenvalue weighted by atomic mass is 10.1. The van der Waals surface area contributed by atoms with Crippen LogP contribution in [-0.2, 0) is 14.4 Å². The molecule has 0 atom stereocenters. The Hall–Kier alpha value is -3.76. The largest absolute Gasteiger partial charge is 0.482 e. The van der Waals surface area contributed by atoms with Crippen LogP contribution in [0.5, 0.6) is 5.75 Å². The molecule has 0 spiro atoms. The smallest absolute Gasteiger partial charge is 0.335 e. The Morgan fingerprint density at radius 2 is 1.76 bits per heavy atom. The van der Waals surface area contributed by atoms with Crippen molar-refractivity contribution in [1.82, 2.24) is 5.32 Å². The number of carbonyl (C=O) groups is 4. The van der Waals surface area contributed by atoms with E-state index in [-0.39, 0.29) is 23.8 Å². The van der Waals surface area contributed by atoms with Crippen molar-refractivity contribution in [3.8, 4) is 5.75 Å². The van der Waals surface area contributed by atoms with Crippen LogP contribution in [0, 0.1) is 13.8 Å². The van der Waals surface area contributed by atoms with Gasteiger partial charge in [-0.25, -0.2) is 9.69 Å². The molecule has 0 aliphatic carbocycles. The van der Waals surface area contributed by atoms with E-state index in [1.807, 2.05) is 26.0 Å². The van der Waals surface area contributed by atoms with Gasteiger partial charge in [0.25, 0.3) is 17.7 Å². The van der Waals surface area contributed by atoms with Crippen LogP contribution in [0.15, 0.2) is 75.2 Å². The van der Waals surface area contributed by atoms with E-state index >= 15 is 0 Å². The second-order valence-corrected chi connectivity index (χ2v) is 9.95. The second kappa shape index (κ2) is 11.1. The Bertz CT molecular complexity index is 1450. The molecule has 10 heteroatoms. The first-order chi connectivity index (χ1) is 17.7. The first-order valence-corrected chi connectivity index (χ1v) is 12.7. The summed E-state index contributed by atoms with van der Waals surface area (Å²) >= 11 is 6.82. The number of para-hydroxylation sites is 1. The van der Waals surface area contributed by atoms with Gasteiger partial charge in [-0.05, 0) is 77.3 Å². The number of aryl methyl sites for hydroxylation is 1. The number of barbiturate groups is 1. The summed E-state index contributed by atoms with van der Waals surface area (Å²) in [7, 11) is 0. The topological polar surface area (TPSA) is 105 Å². The van der Waals surface area contributed by atoms with E-state index in [1.54, 1.807) is 48.5 Å². The molecule has 3 aromatic carbocycles. The zero-order chi connectivity index (χ0) is 26.7. The van der Waals surface area contributed by atoms with Crippen molar-refractivity contribution in [2.24, 2.45) is 0 Å². The van der Waals surface area contributed by atoms with Gasteiger partial charge in [-0.15, -0.1) is 0 Å². The van der Waals surface area contributed by atoms with E-state index in [0.29, 0.717) is 25.9 Å². The maximum Gasteiger partial charge on any atom is 0.335 e. The molecule has 0 saturated carbocycles. The second-order valence-electron chi connectivity index (χ2n) is 8.18. The molecule has 2 N–H and O–H groups in total. The van der Waals surface area contributed by atoms with Gasteiger partial charge in [0.2, 0.25) is 0 Å². The van der Waals surface area contributed by atoms with Gasteiger partial charge in [0.05, 0.1) is 10.2 Å². The molecular formula is C27H21Br2N3O5. The quantitative estimate of drug-likeness (QED) is 0.277. The normalized spacial score (nSPS) is 14.5. The van der Waals surface area contributed by atoms with Crippen LogP contribution in [0.2, 0.25) is 0 Å². The fourth-order valence-corrected chi connectivity index (χ4v) is 5.05. The van der Waals surface area contributed by atoms with E-state index in [1.165, 1.54) is 6.08 Å². The summed E-state index contributed by atoms with van der Waals surface area (Å²) in [4.78, 5) is 51.8. The Morgan fingerprint density at radius 1 is 1.03 bits per heavy atom. The highest BCUT2D eigenvalue weighted by molar-refractivity contribution is 9.11. The number of hydrogen-bond donors (Lipinski definition) is 2. The number of halogens is 2. The number of nitrogens with one attached hydrogen (secondary N) is 2. The Balaban J connectivity index is 1.62. The first kappa shape index (κ1) is 26.3. The molecule has 3 aromatic rings. The minimum Gasteiger partial charge on any atom is -0.482 e. The van der Waals surface area contributed by atoms with E-state index < -0.39 is 17.8 Å². The summed E-state index contributed by atoms with van der Waals surface area (Å²) in [5.41, 5.74) is 3.08. The van der Waals surface area contributed by atoms with Gasteiger partial charge >= 0.3 is 6.03 Å². The first-order valence-electron chi connectivity index (χ1n) is 11.1. The van der Waals surface area contributed by atoms with Crippen molar-refractivity contribution in [2.45, 2.75) is 13.8 Å². The number of urea groups is 1. The number of rotatable bonds is 6. The fourth-order valence-electron chi connectivity index (χ4n) is 3.67. The lowest BCUT2D eigenvalue weighted by molar-refractivity contribution is -0.122. The Morgan fingerprint density at radius 3 is 2.49 bits per heavy atom. The number of benzene rings is 3. The molecule has 4 rings (SSSR count). The third-order valence-corrected chi connectivity index (χ3v) is 6.73. The number of anilines is 2. The maximum absolute atomic E-state index is 13.2. The SMILES string of the molecule is Cc1cccc(NC(=O)COc2c(Br)cc(Br)cc2/C=C2/C(=O)NC(=O)N(c3ccccc3)C2=O)c1C. The van der Waals surface area contributed by atoms with Crippen LogP contribution in [0.25, 0.3) is 6.08 Å². The van der Waals surface area contributed by atoms with E-state index in [9.17, 15) is 19.2 Å². The average Bonchev–Trinajstić information content (AvgIpc) is 2.84. The van der Waals surface area contributed by atoms with Crippen molar-refractivity contribution in [2.75, 3.05) is 16.8 Å². The van der Waals surface area contributed by atoms with Crippen LogP contribution < -0.4 is 20.3 Å². The van der Waals surface area contributed by atoms with Crippen molar-refractivity contribution in [3.63, 3.8) is 0 Å². The zero-order valence-electron chi connectivity index (χ0n) is 19.8. The van der Waals surface area contributed by atoms with Gasteiger partial charge in [-0.1, -0.05) is 46.3 Å².